The first kappa shape index (κ1) is 18.3. The molecule has 1 N–H and O–H groups in total. The van der Waals surface area contributed by atoms with E-state index in [2.05, 4.69) is 15.3 Å². The average molecular weight is 370 g/mol. The third-order valence-corrected chi connectivity index (χ3v) is 3.66. The maximum atomic E-state index is 11.7. The Balaban J connectivity index is 2.16. The van der Waals surface area contributed by atoms with Gasteiger partial charge in [-0.3, -0.25) is 4.79 Å². The standard InChI is InChI=1S/C16H17Cl2N3O3/c1-3-24-13(22)8-12-14(17)20-16(18)21-15(12)19-9-10-4-6-11(23-2)7-5-10/h4-7H,3,8-9H2,1-2H3,(H,19,20,21). The SMILES string of the molecule is CCOC(=O)Cc1c(Cl)nc(Cl)nc1NCc1ccc(OC)cc1. The molecular formula is C16H17Cl2N3O3. The Labute approximate surface area is 150 Å². The summed E-state index contributed by atoms with van der Waals surface area (Å²) in [5.41, 5.74) is 1.46. The molecule has 8 heteroatoms. The molecule has 0 spiro atoms. The molecule has 2 rings (SSSR count). The van der Waals surface area contributed by atoms with Crippen LogP contribution in [0.2, 0.25) is 10.4 Å². The van der Waals surface area contributed by atoms with Crippen LogP contribution in [0.5, 0.6) is 5.75 Å². The second kappa shape index (κ2) is 8.70. The third-order valence-electron chi connectivity index (χ3n) is 3.17. The lowest BCUT2D eigenvalue weighted by Gasteiger charge is -2.12. The van der Waals surface area contributed by atoms with Crippen molar-refractivity contribution in [3.05, 3.63) is 45.8 Å². The van der Waals surface area contributed by atoms with Gasteiger partial charge in [0.2, 0.25) is 5.28 Å². The van der Waals surface area contributed by atoms with Crippen LogP contribution in [-0.4, -0.2) is 29.7 Å². The fourth-order valence-corrected chi connectivity index (χ4v) is 2.47. The van der Waals surface area contributed by atoms with Gasteiger partial charge in [0.05, 0.1) is 20.1 Å². The molecule has 0 atom stereocenters. The number of esters is 1. The predicted octanol–water partition coefficient (Wildman–Crippen LogP) is 3.51. The molecule has 0 fully saturated rings. The van der Waals surface area contributed by atoms with E-state index in [0.29, 0.717) is 24.5 Å². The van der Waals surface area contributed by atoms with Crippen LogP contribution in [0, 0.1) is 0 Å². The van der Waals surface area contributed by atoms with Gasteiger partial charge in [0, 0.05) is 12.1 Å². The van der Waals surface area contributed by atoms with Gasteiger partial charge in [-0.05, 0) is 36.2 Å². The lowest BCUT2D eigenvalue weighted by atomic mass is 10.2. The molecule has 1 aromatic carbocycles. The maximum absolute atomic E-state index is 11.7. The minimum Gasteiger partial charge on any atom is -0.497 e. The van der Waals surface area contributed by atoms with Gasteiger partial charge in [0.15, 0.2) is 0 Å². The van der Waals surface area contributed by atoms with Crippen LogP contribution in [0.4, 0.5) is 5.82 Å². The summed E-state index contributed by atoms with van der Waals surface area (Å²) < 4.78 is 10.1. The molecule has 0 bridgehead atoms. The van der Waals surface area contributed by atoms with Crippen molar-refractivity contribution >= 4 is 35.0 Å². The number of halogens is 2. The van der Waals surface area contributed by atoms with Gasteiger partial charge >= 0.3 is 5.97 Å². The number of carbonyl (C=O) groups is 1. The zero-order valence-electron chi connectivity index (χ0n) is 13.3. The van der Waals surface area contributed by atoms with E-state index in [4.69, 9.17) is 32.7 Å². The second-order valence-corrected chi connectivity index (χ2v) is 5.49. The topological polar surface area (TPSA) is 73.3 Å². The van der Waals surface area contributed by atoms with Gasteiger partial charge in [0.1, 0.15) is 16.7 Å². The molecule has 0 saturated heterocycles. The molecule has 0 aliphatic rings. The Kier molecular flexibility index (Phi) is 6.63. The van der Waals surface area contributed by atoms with Gasteiger partial charge in [-0.1, -0.05) is 23.7 Å². The van der Waals surface area contributed by atoms with Crippen molar-refractivity contribution in [2.24, 2.45) is 0 Å². The quantitative estimate of drug-likeness (QED) is 0.457. The van der Waals surface area contributed by atoms with Crippen molar-refractivity contribution in [2.45, 2.75) is 19.9 Å². The fraction of sp³-hybridized carbons (Fsp3) is 0.312. The van der Waals surface area contributed by atoms with Gasteiger partial charge in [0.25, 0.3) is 0 Å². The zero-order valence-corrected chi connectivity index (χ0v) is 14.8. The first-order valence-electron chi connectivity index (χ1n) is 7.27. The first-order chi connectivity index (χ1) is 11.5. The van der Waals surface area contributed by atoms with Crippen LogP contribution in [0.15, 0.2) is 24.3 Å². The number of nitrogens with zero attached hydrogens (tertiary/aromatic N) is 2. The molecule has 0 unspecified atom stereocenters. The van der Waals surface area contributed by atoms with Crippen LogP contribution >= 0.6 is 23.2 Å². The summed E-state index contributed by atoms with van der Waals surface area (Å²) in [5, 5.41) is 3.26. The van der Waals surface area contributed by atoms with E-state index in [9.17, 15) is 4.79 Å². The number of nitrogens with one attached hydrogen (secondary N) is 1. The molecule has 2 aromatic rings. The van der Waals surface area contributed by atoms with Crippen LogP contribution in [0.1, 0.15) is 18.1 Å². The number of methoxy groups -OCH3 is 1. The van der Waals surface area contributed by atoms with Crippen molar-refractivity contribution < 1.29 is 14.3 Å². The maximum Gasteiger partial charge on any atom is 0.310 e. The first-order valence-corrected chi connectivity index (χ1v) is 8.03. The number of aromatic nitrogens is 2. The number of hydrogen-bond acceptors (Lipinski definition) is 6. The van der Waals surface area contributed by atoms with E-state index >= 15 is 0 Å². The Morgan fingerprint density at radius 3 is 2.54 bits per heavy atom. The minimum absolute atomic E-state index is 0.00448. The van der Waals surface area contributed by atoms with Gasteiger partial charge in [-0.2, -0.15) is 0 Å². The summed E-state index contributed by atoms with van der Waals surface area (Å²) in [6.07, 6.45) is -0.0329. The molecule has 128 valence electrons. The highest BCUT2D eigenvalue weighted by molar-refractivity contribution is 6.32. The molecule has 0 aliphatic heterocycles. The van der Waals surface area contributed by atoms with Crippen LogP contribution < -0.4 is 10.1 Å². The monoisotopic (exact) mass is 369 g/mol. The van der Waals surface area contributed by atoms with Gasteiger partial charge in [-0.25, -0.2) is 9.97 Å². The summed E-state index contributed by atoms with van der Waals surface area (Å²) in [7, 11) is 1.61. The van der Waals surface area contributed by atoms with Crippen molar-refractivity contribution in [1.29, 1.82) is 0 Å². The summed E-state index contributed by atoms with van der Waals surface area (Å²) in [5.74, 6) is 0.775. The third kappa shape index (κ3) is 4.97. The molecular weight excluding hydrogens is 353 g/mol. The number of rotatable bonds is 7. The smallest absolute Gasteiger partial charge is 0.310 e. The van der Waals surface area contributed by atoms with Crippen LogP contribution in [0.3, 0.4) is 0 Å². The molecule has 1 aromatic heterocycles. The van der Waals surface area contributed by atoms with E-state index in [0.717, 1.165) is 11.3 Å². The minimum atomic E-state index is -0.405. The summed E-state index contributed by atoms with van der Waals surface area (Å²) in [6.45, 7) is 2.50. The molecule has 1 heterocycles. The fourth-order valence-electron chi connectivity index (χ4n) is 2.02. The van der Waals surface area contributed by atoms with Crippen molar-refractivity contribution in [3.63, 3.8) is 0 Å². The Bertz CT molecular complexity index is 708. The Hall–Kier alpha value is -2.05. The van der Waals surface area contributed by atoms with E-state index in [-0.39, 0.29) is 16.9 Å². The Morgan fingerprint density at radius 2 is 1.92 bits per heavy atom. The van der Waals surface area contributed by atoms with Crippen LogP contribution in [-0.2, 0) is 22.5 Å². The normalized spacial score (nSPS) is 10.3. The largest absolute Gasteiger partial charge is 0.497 e. The molecule has 24 heavy (non-hydrogen) atoms. The number of benzene rings is 1. The Morgan fingerprint density at radius 1 is 1.21 bits per heavy atom. The van der Waals surface area contributed by atoms with Crippen molar-refractivity contribution in [3.8, 4) is 5.75 Å². The average Bonchev–Trinajstić information content (AvgIpc) is 2.56. The van der Waals surface area contributed by atoms with E-state index < -0.39 is 5.97 Å². The lowest BCUT2D eigenvalue weighted by molar-refractivity contribution is -0.142. The molecule has 0 radical (unpaired) electrons. The molecule has 6 nitrogen and oxygen atoms in total. The molecule has 0 saturated carbocycles. The highest BCUT2D eigenvalue weighted by Gasteiger charge is 2.16. The van der Waals surface area contributed by atoms with Crippen LogP contribution in [0.25, 0.3) is 0 Å². The van der Waals surface area contributed by atoms with E-state index in [1.54, 1.807) is 14.0 Å². The highest BCUT2D eigenvalue weighted by Crippen LogP contribution is 2.24. The second-order valence-electron chi connectivity index (χ2n) is 4.79. The summed E-state index contributed by atoms with van der Waals surface area (Å²) in [4.78, 5) is 19.7. The molecule has 0 aliphatic carbocycles. The van der Waals surface area contributed by atoms with E-state index in [1.165, 1.54) is 0 Å². The number of carbonyl (C=O) groups excluding carboxylic acids is 1. The zero-order chi connectivity index (χ0) is 17.5. The van der Waals surface area contributed by atoms with Gasteiger partial charge < -0.3 is 14.8 Å². The number of anilines is 1. The highest BCUT2D eigenvalue weighted by atomic mass is 35.5. The number of hydrogen-bond donors (Lipinski definition) is 1. The summed E-state index contributed by atoms with van der Waals surface area (Å²) >= 11 is 12.0. The lowest BCUT2D eigenvalue weighted by Crippen LogP contribution is -2.13. The van der Waals surface area contributed by atoms with Crippen molar-refractivity contribution in [1.82, 2.24) is 9.97 Å². The van der Waals surface area contributed by atoms with E-state index in [1.807, 2.05) is 24.3 Å². The van der Waals surface area contributed by atoms with Crippen molar-refractivity contribution in [2.75, 3.05) is 19.0 Å². The molecule has 0 amide bonds. The number of ether oxygens (including phenoxy) is 2. The van der Waals surface area contributed by atoms with Gasteiger partial charge in [-0.15, -0.1) is 0 Å². The predicted molar refractivity (Wildman–Crippen MR) is 92.7 cm³/mol. The summed E-state index contributed by atoms with van der Waals surface area (Å²) in [6, 6.07) is 7.55.